The Kier molecular flexibility index (Phi) is 3.98. The highest BCUT2D eigenvalue weighted by molar-refractivity contribution is 7.92. The van der Waals surface area contributed by atoms with Gasteiger partial charge in [-0.1, -0.05) is 6.92 Å². The molecule has 1 aromatic carbocycles. The fourth-order valence-corrected chi connectivity index (χ4v) is 3.03. The van der Waals surface area contributed by atoms with Gasteiger partial charge >= 0.3 is 0 Å². The first-order chi connectivity index (χ1) is 10.7. The molecule has 1 amide bonds. The van der Waals surface area contributed by atoms with Crippen LogP contribution < -0.4 is 4.90 Å². The van der Waals surface area contributed by atoms with Gasteiger partial charge in [0, 0.05) is 30.4 Å². The van der Waals surface area contributed by atoms with Crippen molar-refractivity contribution >= 4 is 30.2 Å². The van der Waals surface area contributed by atoms with Crippen molar-refractivity contribution in [1.29, 1.82) is 0 Å². The first-order valence-electron chi connectivity index (χ1n) is 6.95. The molecule has 2 heterocycles. The van der Waals surface area contributed by atoms with E-state index in [4.69, 9.17) is 0 Å². The second kappa shape index (κ2) is 5.92. The zero-order chi connectivity index (χ0) is 15.7. The van der Waals surface area contributed by atoms with Gasteiger partial charge in [0.05, 0.1) is 0 Å². The van der Waals surface area contributed by atoms with Crippen molar-refractivity contribution in [3.05, 3.63) is 35.7 Å². The van der Waals surface area contributed by atoms with Crippen molar-refractivity contribution < 1.29 is 13.5 Å². The van der Waals surface area contributed by atoms with Crippen LogP contribution in [-0.2, 0) is 11.2 Å². The van der Waals surface area contributed by atoms with E-state index >= 15 is 0 Å². The van der Waals surface area contributed by atoms with Crippen molar-refractivity contribution in [3.8, 4) is 11.4 Å². The number of aromatic nitrogens is 2. The summed E-state index contributed by atoms with van der Waals surface area (Å²) in [6.45, 7) is 2.50. The van der Waals surface area contributed by atoms with Crippen LogP contribution in [0.4, 0.5) is 9.57 Å². The Balaban J connectivity index is 2.00. The Morgan fingerprint density at radius 3 is 3.00 bits per heavy atom. The van der Waals surface area contributed by atoms with E-state index in [2.05, 4.69) is 4.98 Å². The zero-order valence-electron chi connectivity index (χ0n) is 12.0. The van der Waals surface area contributed by atoms with Gasteiger partial charge in [0.15, 0.2) is 24.4 Å². The molecular weight excluding hydrogens is 305 g/mol. The van der Waals surface area contributed by atoms with Gasteiger partial charge in [-0.25, -0.2) is 8.96 Å². The van der Waals surface area contributed by atoms with Crippen LogP contribution in [0, 0.1) is 0 Å². The number of benzene rings is 1. The average Bonchev–Trinajstić information content (AvgIpc) is 3.16. The smallest absolute Gasteiger partial charge is 0.226 e. The number of aldehydes is 1. The molecule has 22 heavy (non-hydrogen) atoms. The maximum absolute atomic E-state index is 13.0. The molecule has 0 radical (unpaired) electrons. The van der Waals surface area contributed by atoms with Crippen molar-refractivity contribution in [2.24, 2.45) is 0 Å². The van der Waals surface area contributed by atoms with Gasteiger partial charge in [0.1, 0.15) is 5.69 Å². The van der Waals surface area contributed by atoms with Gasteiger partial charge in [-0.05, 0) is 30.2 Å². The van der Waals surface area contributed by atoms with Crippen molar-refractivity contribution in [1.82, 2.24) is 8.96 Å². The summed E-state index contributed by atoms with van der Waals surface area (Å²) in [7, 11) is 0. The van der Waals surface area contributed by atoms with Crippen LogP contribution in [0.1, 0.15) is 29.4 Å². The minimum atomic E-state index is -0.000447. The van der Waals surface area contributed by atoms with Gasteiger partial charge in [-0.2, -0.15) is 0 Å². The van der Waals surface area contributed by atoms with Crippen molar-refractivity contribution in [2.45, 2.75) is 19.8 Å². The lowest BCUT2D eigenvalue weighted by molar-refractivity contribution is -0.118. The molecule has 0 fully saturated rings. The molecule has 1 aromatic heterocycles. The Hall–Kier alpha value is -2.15. The van der Waals surface area contributed by atoms with Crippen molar-refractivity contribution in [3.63, 3.8) is 0 Å². The quantitative estimate of drug-likeness (QED) is 0.813. The molecule has 0 atom stereocenters. The van der Waals surface area contributed by atoms with Crippen LogP contribution in [0.2, 0.25) is 0 Å². The number of amides is 1. The molecule has 0 unspecified atom stereocenters. The number of carbonyl (C=O) groups is 2. The number of nitrogens with zero attached hydrogens (tertiary/aromatic N) is 3. The van der Waals surface area contributed by atoms with Crippen LogP contribution in [-0.4, -0.2) is 27.7 Å². The number of hydrogen-bond acceptors (Lipinski definition) is 4. The fourth-order valence-electron chi connectivity index (χ4n) is 2.67. The highest BCUT2D eigenvalue weighted by Gasteiger charge is 2.24. The third kappa shape index (κ3) is 2.41. The van der Waals surface area contributed by atoms with E-state index in [1.54, 1.807) is 11.0 Å². The highest BCUT2D eigenvalue weighted by atomic mass is 32.2. The largest absolute Gasteiger partial charge is 0.312 e. The molecule has 0 saturated heterocycles. The standard InChI is InChI=1S/C15H14FN3O2S/c1-2-14(21)18-6-5-10-7-11(3-4-13(10)18)15-17-12(9-20)8-19(15)22-16/h3-4,7-9H,2,5-6H2,1H3. The lowest BCUT2D eigenvalue weighted by Gasteiger charge is -2.16. The maximum atomic E-state index is 13.0. The minimum Gasteiger partial charge on any atom is -0.312 e. The third-order valence-corrected chi connectivity index (χ3v) is 4.15. The molecule has 2 aromatic rings. The number of imidazole rings is 1. The summed E-state index contributed by atoms with van der Waals surface area (Å²) >= 11 is -0.000447. The van der Waals surface area contributed by atoms with E-state index in [9.17, 15) is 13.5 Å². The van der Waals surface area contributed by atoms with Crippen LogP contribution in [0.5, 0.6) is 0 Å². The summed E-state index contributed by atoms with van der Waals surface area (Å²) in [6, 6.07) is 5.55. The summed E-state index contributed by atoms with van der Waals surface area (Å²) in [4.78, 5) is 28.6. The molecule has 1 aliphatic rings. The Labute approximate surface area is 131 Å². The second-order valence-electron chi connectivity index (χ2n) is 4.99. The molecule has 0 bridgehead atoms. The summed E-state index contributed by atoms with van der Waals surface area (Å²) in [6.07, 6.45) is 3.17. The Morgan fingerprint density at radius 1 is 1.50 bits per heavy atom. The molecule has 0 aliphatic carbocycles. The molecule has 114 valence electrons. The Bertz CT molecular complexity index is 744. The van der Waals surface area contributed by atoms with Gasteiger partial charge in [0.2, 0.25) is 5.91 Å². The van der Waals surface area contributed by atoms with Crippen LogP contribution >= 0.6 is 12.3 Å². The second-order valence-corrected chi connectivity index (χ2v) is 5.53. The van der Waals surface area contributed by atoms with E-state index in [-0.39, 0.29) is 23.9 Å². The lowest BCUT2D eigenvalue weighted by atomic mass is 10.1. The van der Waals surface area contributed by atoms with E-state index in [1.165, 1.54) is 10.2 Å². The number of halogens is 1. The molecule has 0 spiro atoms. The van der Waals surface area contributed by atoms with E-state index in [0.29, 0.717) is 25.1 Å². The first kappa shape index (κ1) is 14.8. The van der Waals surface area contributed by atoms with E-state index in [0.717, 1.165) is 23.2 Å². The predicted molar refractivity (Wildman–Crippen MR) is 83.5 cm³/mol. The molecule has 0 N–H and O–H groups in total. The van der Waals surface area contributed by atoms with Crippen LogP contribution in [0.15, 0.2) is 24.4 Å². The van der Waals surface area contributed by atoms with Crippen LogP contribution in [0.25, 0.3) is 11.4 Å². The Morgan fingerprint density at radius 2 is 2.32 bits per heavy atom. The van der Waals surface area contributed by atoms with E-state index in [1.807, 2.05) is 19.1 Å². The van der Waals surface area contributed by atoms with Gasteiger partial charge in [-0.3, -0.25) is 9.59 Å². The zero-order valence-corrected chi connectivity index (χ0v) is 12.8. The summed E-state index contributed by atoms with van der Waals surface area (Å²) in [5.74, 6) is 0.480. The fraction of sp³-hybridized carbons (Fsp3) is 0.267. The molecule has 3 rings (SSSR count). The number of hydrogen-bond donors (Lipinski definition) is 0. The molecular formula is C15H14FN3O2S. The van der Waals surface area contributed by atoms with E-state index < -0.39 is 0 Å². The highest BCUT2D eigenvalue weighted by Crippen LogP contribution is 2.33. The monoisotopic (exact) mass is 319 g/mol. The molecule has 0 saturated carbocycles. The SMILES string of the molecule is CCC(=O)N1CCc2cc(-c3nc(C=O)cn3SF)ccc21. The number of anilines is 1. The summed E-state index contributed by atoms with van der Waals surface area (Å²) < 4.78 is 14.2. The summed E-state index contributed by atoms with van der Waals surface area (Å²) in [5.41, 5.74) is 2.84. The van der Waals surface area contributed by atoms with Crippen LogP contribution in [0.3, 0.4) is 0 Å². The number of carbonyl (C=O) groups excluding carboxylic acids is 2. The van der Waals surface area contributed by atoms with Crippen molar-refractivity contribution in [2.75, 3.05) is 11.4 Å². The minimum absolute atomic E-state index is 0.000447. The predicted octanol–water partition coefficient (Wildman–Crippen LogP) is 3.04. The number of fused-ring (bicyclic) bond motifs is 1. The third-order valence-electron chi connectivity index (χ3n) is 3.73. The topological polar surface area (TPSA) is 55.2 Å². The average molecular weight is 319 g/mol. The molecule has 5 nitrogen and oxygen atoms in total. The molecule has 7 heteroatoms. The van der Waals surface area contributed by atoms with Gasteiger partial charge < -0.3 is 4.90 Å². The van der Waals surface area contributed by atoms with Gasteiger partial charge in [0.25, 0.3) is 0 Å². The maximum Gasteiger partial charge on any atom is 0.226 e. The lowest BCUT2D eigenvalue weighted by Crippen LogP contribution is -2.27. The normalized spacial score (nSPS) is 13.3. The van der Waals surface area contributed by atoms with Gasteiger partial charge in [-0.15, -0.1) is 3.89 Å². The number of rotatable bonds is 4. The first-order valence-corrected chi connectivity index (χ1v) is 7.62. The molecule has 1 aliphatic heterocycles. The summed E-state index contributed by atoms with van der Waals surface area (Å²) in [5, 5.41) is 0.